The third-order valence-corrected chi connectivity index (χ3v) is 4.72. The molecule has 0 saturated heterocycles. The maximum atomic E-state index is 12.5. The van der Waals surface area contributed by atoms with Gasteiger partial charge in [0.05, 0.1) is 13.7 Å². The second kappa shape index (κ2) is 9.60. The predicted octanol–water partition coefficient (Wildman–Crippen LogP) is 3.87. The molecule has 4 nitrogen and oxygen atoms in total. The monoisotopic (exact) mass is 375 g/mol. The van der Waals surface area contributed by atoms with Crippen molar-refractivity contribution in [2.75, 3.05) is 13.7 Å². The molecule has 0 aliphatic heterocycles. The molecule has 2 aromatic rings. The van der Waals surface area contributed by atoms with E-state index < -0.39 is 6.04 Å². The second-order valence-electron chi connectivity index (χ2n) is 6.30. The molecule has 3 rings (SSSR count). The summed E-state index contributed by atoms with van der Waals surface area (Å²) < 4.78 is 10.8. The molecule has 0 fully saturated rings. The molecule has 0 saturated carbocycles. The Morgan fingerprint density at radius 3 is 2.65 bits per heavy atom. The van der Waals surface area contributed by atoms with Gasteiger partial charge in [-0.1, -0.05) is 42.5 Å². The fourth-order valence-electron chi connectivity index (χ4n) is 3.51. The minimum absolute atomic E-state index is 0. The van der Waals surface area contributed by atoms with Gasteiger partial charge in [-0.15, -0.1) is 12.4 Å². The Morgan fingerprint density at radius 2 is 1.96 bits per heavy atom. The third-order valence-electron chi connectivity index (χ3n) is 4.72. The number of rotatable bonds is 6. The third kappa shape index (κ3) is 4.57. The molecule has 0 bridgehead atoms. The number of esters is 1. The van der Waals surface area contributed by atoms with E-state index >= 15 is 0 Å². The van der Waals surface area contributed by atoms with E-state index in [-0.39, 0.29) is 24.4 Å². The fourth-order valence-corrected chi connectivity index (χ4v) is 3.51. The lowest BCUT2D eigenvalue weighted by Crippen LogP contribution is -2.41. The Balaban J connectivity index is 0.00000243. The maximum absolute atomic E-state index is 12.5. The number of hydrogen-bond donors (Lipinski definition) is 1. The Kier molecular flexibility index (Phi) is 7.49. The number of ether oxygens (including phenoxy) is 2. The minimum atomic E-state index is -0.432. The molecule has 1 aliphatic rings. The first-order valence-electron chi connectivity index (χ1n) is 8.85. The van der Waals surface area contributed by atoms with E-state index in [4.69, 9.17) is 9.47 Å². The number of carbonyl (C=O) groups excluding carboxylic acids is 1. The molecule has 0 spiro atoms. The number of nitrogens with one attached hydrogen (secondary N) is 1. The average Bonchev–Trinajstić information content (AvgIpc) is 2.66. The summed E-state index contributed by atoms with van der Waals surface area (Å²) >= 11 is 0. The molecule has 26 heavy (non-hydrogen) atoms. The first-order valence-corrected chi connectivity index (χ1v) is 8.85. The van der Waals surface area contributed by atoms with E-state index in [2.05, 4.69) is 11.4 Å². The van der Waals surface area contributed by atoms with E-state index in [1.807, 2.05) is 49.4 Å². The van der Waals surface area contributed by atoms with Crippen LogP contribution in [0.15, 0.2) is 48.5 Å². The molecule has 140 valence electrons. The quantitative estimate of drug-likeness (QED) is 0.778. The van der Waals surface area contributed by atoms with Gasteiger partial charge in [0, 0.05) is 6.04 Å². The molecule has 1 N–H and O–H groups in total. The highest BCUT2D eigenvalue weighted by Gasteiger charge is 2.28. The molecule has 0 radical (unpaired) electrons. The number of benzene rings is 2. The van der Waals surface area contributed by atoms with Crippen molar-refractivity contribution < 1.29 is 14.3 Å². The van der Waals surface area contributed by atoms with E-state index in [1.54, 1.807) is 7.11 Å². The van der Waals surface area contributed by atoms with Gasteiger partial charge in [0.25, 0.3) is 0 Å². The molecule has 1 unspecified atom stereocenters. The summed E-state index contributed by atoms with van der Waals surface area (Å²) in [6, 6.07) is 15.8. The van der Waals surface area contributed by atoms with E-state index in [0.717, 1.165) is 30.6 Å². The zero-order chi connectivity index (χ0) is 17.6. The van der Waals surface area contributed by atoms with Crippen LogP contribution >= 0.6 is 12.4 Å². The zero-order valence-corrected chi connectivity index (χ0v) is 16.1. The molecule has 2 atom stereocenters. The Hall–Kier alpha value is -2.04. The van der Waals surface area contributed by atoms with Gasteiger partial charge in [-0.3, -0.25) is 5.32 Å². The van der Waals surface area contributed by atoms with Gasteiger partial charge >= 0.3 is 5.97 Å². The first kappa shape index (κ1) is 20.3. The van der Waals surface area contributed by atoms with Crippen LogP contribution in [-0.2, 0) is 22.4 Å². The van der Waals surface area contributed by atoms with Gasteiger partial charge in [-0.2, -0.15) is 0 Å². The molecular formula is C21H26ClNO3. The van der Waals surface area contributed by atoms with Gasteiger partial charge in [0.2, 0.25) is 0 Å². The van der Waals surface area contributed by atoms with Crippen LogP contribution < -0.4 is 10.1 Å². The van der Waals surface area contributed by atoms with Crippen molar-refractivity contribution in [2.24, 2.45) is 0 Å². The topological polar surface area (TPSA) is 47.6 Å². The van der Waals surface area contributed by atoms with Crippen LogP contribution in [0, 0.1) is 0 Å². The van der Waals surface area contributed by atoms with Gasteiger partial charge < -0.3 is 9.47 Å². The number of carbonyl (C=O) groups is 1. The summed E-state index contributed by atoms with van der Waals surface area (Å²) in [6.45, 7) is 2.22. The predicted molar refractivity (Wildman–Crippen MR) is 105 cm³/mol. The van der Waals surface area contributed by atoms with Gasteiger partial charge in [-0.25, -0.2) is 4.79 Å². The number of methoxy groups -OCH3 is 1. The Labute approximate surface area is 161 Å². The first-order chi connectivity index (χ1) is 12.2. The van der Waals surface area contributed by atoms with Crippen molar-refractivity contribution in [3.05, 3.63) is 65.2 Å². The lowest BCUT2D eigenvalue weighted by Gasteiger charge is -2.30. The summed E-state index contributed by atoms with van der Waals surface area (Å²) in [5.74, 6) is 0.742. The lowest BCUT2D eigenvalue weighted by molar-refractivity contribution is -0.146. The molecule has 5 heteroatoms. The molecule has 0 amide bonds. The maximum Gasteiger partial charge on any atom is 0.327 e. The van der Waals surface area contributed by atoms with Crippen molar-refractivity contribution in [1.29, 1.82) is 0 Å². The van der Waals surface area contributed by atoms with Crippen LogP contribution in [0.4, 0.5) is 0 Å². The Morgan fingerprint density at radius 1 is 1.19 bits per heavy atom. The number of hydrogen-bond acceptors (Lipinski definition) is 4. The second-order valence-corrected chi connectivity index (χ2v) is 6.30. The molecule has 1 aliphatic carbocycles. The molecular weight excluding hydrogens is 350 g/mol. The molecule has 2 aromatic carbocycles. The highest BCUT2D eigenvalue weighted by molar-refractivity contribution is 5.85. The summed E-state index contributed by atoms with van der Waals surface area (Å²) in [5, 5.41) is 3.52. The van der Waals surface area contributed by atoms with E-state index in [1.165, 1.54) is 11.1 Å². The summed E-state index contributed by atoms with van der Waals surface area (Å²) in [5.41, 5.74) is 3.52. The van der Waals surface area contributed by atoms with Crippen LogP contribution in [0.3, 0.4) is 0 Å². The zero-order valence-electron chi connectivity index (χ0n) is 15.2. The van der Waals surface area contributed by atoms with Crippen LogP contribution in [0.1, 0.15) is 36.1 Å². The van der Waals surface area contributed by atoms with Gasteiger partial charge in [0.1, 0.15) is 11.8 Å². The van der Waals surface area contributed by atoms with Crippen LogP contribution in [0.25, 0.3) is 0 Å². The van der Waals surface area contributed by atoms with Crippen molar-refractivity contribution in [3.63, 3.8) is 0 Å². The number of fused-ring (bicyclic) bond motifs is 1. The van der Waals surface area contributed by atoms with Crippen LogP contribution in [0.2, 0.25) is 0 Å². The Bertz CT molecular complexity index is 720. The standard InChI is InChI=1S/C21H25NO3.ClH/c1-3-25-21(23)20(15-8-5-4-6-9-15)22-17-12-13-18-16(14-17)10-7-11-19(18)24-2;/h4-11,17,20,22H,3,12-14H2,1-2H3;1H/t17-,20?;/m0./s1. The van der Waals surface area contributed by atoms with E-state index in [9.17, 15) is 4.79 Å². The highest BCUT2D eigenvalue weighted by atomic mass is 35.5. The smallest absolute Gasteiger partial charge is 0.327 e. The van der Waals surface area contributed by atoms with E-state index in [0.29, 0.717) is 6.61 Å². The average molecular weight is 376 g/mol. The minimum Gasteiger partial charge on any atom is -0.496 e. The SMILES string of the molecule is CCOC(=O)C(N[C@H]1CCc2c(cccc2OC)C1)c1ccccc1.Cl. The molecule has 0 aromatic heterocycles. The van der Waals surface area contributed by atoms with Gasteiger partial charge in [-0.05, 0) is 48.9 Å². The van der Waals surface area contributed by atoms with Crippen LogP contribution in [0.5, 0.6) is 5.75 Å². The molecule has 0 heterocycles. The fraction of sp³-hybridized carbons (Fsp3) is 0.381. The van der Waals surface area contributed by atoms with Crippen molar-refractivity contribution in [2.45, 2.75) is 38.3 Å². The van der Waals surface area contributed by atoms with Crippen molar-refractivity contribution in [1.82, 2.24) is 5.32 Å². The largest absolute Gasteiger partial charge is 0.496 e. The summed E-state index contributed by atoms with van der Waals surface area (Å²) in [7, 11) is 1.71. The van der Waals surface area contributed by atoms with Crippen molar-refractivity contribution in [3.8, 4) is 5.75 Å². The van der Waals surface area contributed by atoms with Crippen molar-refractivity contribution >= 4 is 18.4 Å². The van der Waals surface area contributed by atoms with Gasteiger partial charge in [0.15, 0.2) is 0 Å². The summed E-state index contributed by atoms with van der Waals surface area (Å²) in [6.07, 6.45) is 2.80. The summed E-state index contributed by atoms with van der Waals surface area (Å²) in [4.78, 5) is 12.5. The highest BCUT2D eigenvalue weighted by Crippen LogP contribution is 2.30. The number of halogens is 1. The normalized spacial score (nSPS) is 16.8. The van der Waals surface area contributed by atoms with Crippen LogP contribution in [-0.4, -0.2) is 25.7 Å². The lowest BCUT2D eigenvalue weighted by atomic mass is 9.87.